The summed E-state index contributed by atoms with van der Waals surface area (Å²) < 4.78 is 0. The predicted octanol–water partition coefficient (Wildman–Crippen LogP) is 12.1. The summed E-state index contributed by atoms with van der Waals surface area (Å²) in [5.41, 5.74) is 8.75. The van der Waals surface area contributed by atoms with Crippen LogP contribution in [0.4, 0.5) is 0 Å². The van der Waals surface area contributed by atoms with Gasteiger partial charge in [0, 0.05) is 20.4 Å². The average molecular weight is 715 g/mol. The van der Waals surface area contributed by atoms with Gasteiger partial charge in [-0.25, -0.2) is 0 Å². The van der Waals surface area contributed by atoms with E-state index in [0.29, 0.717) is 0 Å². The Balaban J connectivity index is 0.000000200. The van der Waals surface area contributed by atoms with Crippen LogP contribution in [0.5, 0.6) is 0 Å². The largest absolute Gasteiger partial charge is 0.0932 e. The number of hydrogen-bond acceptors (Lipinski definition) is 0. The molecule has 0 saturated carbocycles. The molecular formula is C42H42P2Pd. The van der Waals surface area contributed by atoms with Crippen LogP contribution < -0.4 is 0 Å². The molecule has 0 aliphatic heterocycles. The quantitative estimate of drug-likeness (QED) is 0.0874. The molecule has 0 aliphatic carbocycles. The summed E-state index contributed by atoms with van der Waals surface area (Å²) in [5.74, 6) is 0. The van der Waals surface area contributed by atoms with Crippen LogP contribution in [0.15, 0.2) is 182 Å². The second-order valence-electron chi connectivity index (χ2n) is 11.2. The second-order valence-corrected chi connectivity index (χ2v) is 15.8. The summed E-state index contributed by atoms with van der Waals surface area (Å²) in [6.07, 6.45) is 7.17. The average Bonchev–Trinajstić information content (AvgIpc) is 3.08. The van der Waals surface area contributed by atoms with Crippen molar-refractivity contribution in [3.8, 4) is 0 Å². The van der Waals surface area contributed by atoms with E-state index in [4.69, 9.17) is 0 Å². The second kappa shape index (κ2) is 20.1. The van der Waals surface area contributed by atoms with Crippen molar-refractivity contribution in [2.45, 2.75) is 37.0 Å². The van der Waals surface area contributed by atoms with Crippen LogP contribution in [-0.4, -0.2) is 0 Å². The fourth-order valence-corrected chi connectivity index (χ4v) is 10.4. The first-order valence-corrected chi connectivity index (χ1v) is 19.3. The Labute approximate surface area is 287 Å². The maximum Gasteiger partial charge on any atom is 0 e. The summed E-state index contributed by atoms with van der Waals surface area (Å²) in [7, 11) is -0.179. The zero-order valence-corrected chi connectivity index (χ0v) is 29.1. The van der Waals surface area contributed by atoms with Gasteiger partial charge in [0.25, 0.3) is 0 Å². The minimum Gasteiger partial charge on any atom is -0.0932 e. The maximum atomic E-state index is 2.26. The van der Waals surface area contributed by atoms with Gasteiger partial charge in [0.1, 0.15) is 0 Å². The molecule has 6 aromatic rings. The molecule has 0 atom stereocenters. The molecule has 6 rings (SSSR count). The van der Waals surface area contributed by atoms with Crippen LogP contribution in [0.2, 0.25) is 0 Å². The third-order valence-electron chi connectivity index (χ3n) is 7.49. The van der Waals surface area contributed by atoms with E-state index in [1.165, 1.54) is 70.4 Å². The van der Waals surface area contributed by atoms with Gasteiger partial charge >= 0.3 is 0 Å². The van der Waals surface area contributed by atoms with Crippen LogP contribution in [0.25, 0.3) is 0 Å². The standard InChI is InChI=1S/2C21H21P.Pd/c2*1-4-10-19(11-5-1)16-22(17-20-12-6-2-7-13-20)18-21-14-8-3-9-15-21;/h2*1-15H,16-18H2;. The molecule has 6 aromatic carbocycles. The van der Waals surface area contributed by atoms with E-state index in [2.05, 4.69) is 182 Å². The van der Waals surface area contributed by atoms with Crippen LogP contribution in [0, 0.1) is 0 Å². The number of rotatable bonds is 12. The van der Waals surface area contributed by atoms with Gasteiger partial charge in [-0.1, -0.05) is 198 Å². The van der Waals surface area contributed by atoms with Gasteiger partial charge in [-0.05, 0) is 70.4 Å². The zero-order valence-electron chi connectivity index (χ0n) is 25.8. The third-order valence-corrected chi connectivity index (χ3v) is 12.4. The fraction of sp³-hybridized carbons (Fsp3) is 0.143. The van der Waals surface area contributed by atoms with Crippen LogP contribution >= 0.6 is 15.8 Å². The molecule has 0 aliphatic rings. The van der Waals surface area contributed by atoms with E-state index in [-0.39, 0.29) is 36.3 Å². The topological polar surface area (TPSA) is 0 Å². The molecule has 0 fully saturated rings. The van der Waals surface area contributed by atoms with E-state index in [1.807, 2.05) is 0 Å². The van der Waals surface area contributed by atoms with E-state index >= 15 is 0 Å². The summed E-state index contributed by atoms with van der Waals surface area (Å²) in [6.45, 7) is 0. The van der Waals surface area contributed by atoms with Gasteiger partial charge in [-0.15, -0.1) is 0 Å². The third kappa shape index (κ3) is 13.0. The van der Waals surface area contributed by atoms with Crippen molar-refractivity contribution in [2.75, 3.05) is 0 Å². The maximum absolute atomic E-state index is 2.26. The molecule has 0 bridgehead atoms. The van der Waals surface area contributed by atoms with Gasteiger partial charge in [-0.3, -0.25) is 0 Å². The van der Waals surface area contributed by atoms with Crippen LogP contribution in [0.1, 0.15) is 33.4 Å². The van der Waals surface area contributed by atoms with Crippen molar-refractivity contribution in [1.29, 1.82) is 0 Å². The Hall–Kier alpha value is -3.16. The van der Waals surface area contributed by atoms with E-state index in [9.17, 15) is 0 Å². The summed E-state index contributed by atoms with van der Waals surface area (Å²) in [6, 6.07) is 65.4. The predicted molar refractivity (Wildman–Crippen MR) is 195 cm³/mol. The van der Waals surface area contributed by atoms with Gasteiger partial charge in [-0.2, -0.15) is 0 Å². The summed E-state index contributed by atoms with van der Waals surface area (Å²) >= 11 is 0. The zero-order chi connectivity index (χ0) is 30.1. The normalized spacial score (nSPS) is 10.5. The van der Waals surface area contributed by atoms with Crippen molar-refractivity contribution >= 4 is 15.8 Å². The molecule has 230 valence electrons. The number of hydrogen-bond donors (Lipinski definition) is 0. The molecule has 0 radical (unpaired) electrons. The molecule has 3 heteroatoms. The minimum atomic E-state index is -0.0895. The Kier molecular flexibility index (Phi) is 15.5. The van der Waals surface area contributed by atoms with Crippen LogP contribution in [0.3, 0.4) is 0 Å². The Morgan fingerprint density at radius 2 is 0.356 bits per heavy atom. The van der Waals surface area contributed by atoms with Crippen LogP contribution in [-0.2, 0) is 57.4 Å². The SMILES string of the molecule is [Pd].c1ccc(CP(Cc2ccccc2)Cc2ccccc2)cc1.c1ccc(CP(Cc2ccccc2)Cc2ccccc2)cc1. The molecule has 0 saturated heterocycles. The first-order chi connectivity index (χ1) is 21.8. The Bertz CT molecular complexity index is 1260. The number of benzene rings is 6. The Morgan fingerprint density at radius 3 is 0.489 bits per heavy atom. The molecular weight excluding hydrogens is 673 g/mol. The molecule has 0 unspecified atom stereocenters. The minimum absolute atomic E-state index is 0. The van der Waals surface area contributed by atoms with E-state index in [1.54, 1.807) is 0 Å². The van der Waals surface area contributed by atoms with Gasteiger partial charge in [0.05, 0.1) is 0 Å². The van der Waals surface area contributed by atoms with Gasteiger partial charge in [0.15, 0.2) is 0 Å². The van der Waals surface area contributed by atoms with Crippen molar-refractivity contribution in [3.05, 3.63) is 215 Å². The van der Waals surface area contributed by atoms with E-state index in [0.717, 1.165) is 0 Å². The van der Waals surface area contributed by atoms with Crippen molar-refractivity contribution < 1.29 is 20.4 Å². The van der Waals surface area contributed by atoms with E-state index < -0.39 is 0 Å². The molecule has 0 nitrogen and oxygen atoms in total. The molecule has 0 N–H and O–H groups in total. The molecule has 0 aromatic heterocycles. The molecule has 45 heavy (non-hydrogen) atoms. The monoisotopic (exact) mass is 714 g/mol. The van der Waals surface area contributed by atoms with Crippen molar-refractivity contribution in [1.82, 2.24) is 0 Å². The fourth-order valence-electron chi connectivity index (χ4n) is 5.39. The summed E-state index contributed by atoms with van der Waals surface area (Å²) in [5, 5.41) is 0. The summed E-state index contributed by atoms with van der Waals surface area (Å²) in [4.78, 5) is 0. The van der Waals surface area contributed by atoms with Crippen molar-refractivity contribution in [2.24, 2.45) is 0 Å². The molecule has 0 heterocycles. The Morgan fingerprint density at radius 1 is 0.222 bits per heavy atom. The molecule has 0 spiro atoms. The molecule has 0 amide bonds. The van der Waals surface area contributed by atoms with Crippen molar-refractivity contribution in [3.63, 3.8) is 0 Å². The first kappa shape index (κ1) is 34.7. The van der Waals surface area contributed by atoms with Gasteiger partial charge in [0.2, 0.25) is 0 Å². The smallest absolute Gasteiger partial charge is 0 e. The van der Waals surface area contributed by atoms with Gasteiger partial charge < -0.3 is 0 Å². The first-order valence-electron chi connectivity index (χ1n) is 15.5.